The highest BCUT2D eigenvalue weighted by Crippen LogP contribution is 2.34. The van der Waals surface area contributed by atoms with E-state index in [1.165, 1.54) is 0 Å². The zero-order valence-corrected chi connectivity index (χ0v) is 11.9. The number of rotatable bonds is 3. The van der Waals surface area contributed by atoms with E-state index in [4.69, 9.17) is 5.73 Å². The summed E-state index contributed by atoms with van der Waals surface area (Å²) in [7, 11) is 0. The minimum atomic E-state index is -0.590. The summed E-state index contributed by atoms with van der Waals surface area (Å²) in [5, 5.41) is 14.8. The first kappa shape index (κ1) is 13.2. The highest BCUT2D eigenvalue weighted by Gasteiger charge is 2.17. The average molecular weight is 304 g/mol. The van der Waals surface area contributed by atoms with Crippen molar-refractivity contribution in [1.29, 1.82) is 0 Å². The maximum atomic E-state index is 11.5. The second-order valence-electron chi connectivity index (χ2n) is 5.07. The van der Waals surface area contributed by atoms with Crippen LogP contribution >= 0.6 is 0 Å². The number of fused-ring (bicyclic) bond motifs is 1. The fourth-order valence-electron chi connectivity index (χ4n) is 2.59. The molecule has 0 radical (unpaired) electrons. The largest absolute Gasteiger partial charge is 0.364 e. The van der Waals surface area contributed by atoms with Gasteiger partial charge in [0, 0.05) is 28.3 Å². The highest BCUT2D eigenvalue weighted by atomic mass is 16.1. The van der Waals surface area contributed by atoms with E-state index in [1.807, 2.05) is 30.3 Å². The Hall–Kier alpha value is -3.48. The summed E-state index contributed by atoms with van der Waals surface area (Å²) in [6.45, 7) is 0. The van der Waals surface area contributed by atoms with Gasteiger partial charge in [-0.25, -0.2) is 4.98 Å². The lowest BCUT2D eigenvalue weighted by atomic mass is 9.99. The van der Waals surface area contributed by atoms with Gasteiger partial charge in [-0.2, -0.15) is 10.2 Å². The normalized spacial score (nSPS) is 11.0. The average Bonchev–Trinajstić information content (AvgIpc) is 3.23. The summed E-state index contributed by atoms with van der Waals surface area (Å²) in [4.78, 5) is 15.7. The molecule has 23 heavy (non-hydrogen) atoms. The van der Waals surface area contributed by atoms with E-state index in [0.717, 1.165) is 27.8 Å². The van der Waals surface area contributed by atoms with Gasteiger partial charge in [0.1, 0.15) is 5.69 Å². The van der Waals surface area contributed by atoms with E-state index in [0.29, 0.717) is 5.65 Å². The molecule has 0 aliphatic carbocycles. The number of carbonyl (C=O) groups is 1. The number of nitrogens with two attached hydrogens (primary N) is 1. The minimum Gasteiger partial charge on any atom is -0.364 e. The van der Waals surface area contributed by atoms with Gasteiger partial charge in [-0.3, -0.25) is 15.0 Å². The molecule has 0 aliphatic rings. The van der Waals surface area contributed by atoms with E-state index in [2.05, 4.69) is 25.4 Å². The smallest absolute Gasteiger partial charge is 0.267 e. The van der Waals surface area contributed by atoms with Crippen molar-refractivity contribution in [2.75, 3.05) is 0 Å². The van der Waals surface area contributed by atoms with Crippen molar-refractivity contribution in [1.82, 2.24) is 25.4 Å². The molecule has 0 bridgehead atoms. The van der Waals surface area contributed by atoms with Gasteiger partial charge < -0.3 is 5.73 Å². The van der Waals surface area contributed by atoms with Crippen molar-refractivity contribution in [3.05, 3.63) is 54.5 Å². The van der Waals surface area contributed by atoms with Crippen LogP contribution in [0.25, 0.3) is 33.4 Å². The molecule has 3 heterocycles. The third kappa shape index (κ3) is 2.15. The van der Waals surface area contributed by atoms with Gasteiger partial charge in [0.2, 0.25) is 0 Å². The molecule has 0 spiro atoms. The van der Waals surface area contributed by atoms with E-state index in [-0.39, 0.29) is 5.69 Å². The minimum absolute atomic E-state index is 0.178. The Balaban J connectivity index is 1.99. The predicted octanol–water partition coefficient (Wildman–Crippen LogP) is 2.11. The number of aromatic amines is 2. The molecule has 3 aromatic heterocycles. The quantitative estimate of drug-likeness (QED) is 0.538. The lowest BCUT2D eigenvalue weighted by molar-refractivity contribution is 0.0996. The Morgan fingerprint density at radius 1 is 1.13 bits per heavy atom. The van der Waals surface area contributed by atoms with Crippen molar-refractivity contribution in [3.8, 4) is 22.4 Å². The molecule has 0 unspecified atom stereocenters. The first-order chi connectivity index (χ1) is 11.2. The molecule has 4 rings (SSSR count). The Morgan fingerprint density at radius 2 is 1.96 bits per heavy atom. The van der Waals surface area contributed by atoms with Gasteiger partial charge in [0.25, 0.3) is 5.91 Å². The Morgan fingerprint density at radius 3 is 2.74 bits per heavy atom. The van der Waals surface area contributed by atoms with Crippen molar-refractivity contribution in [3.63, 3.8) is 0 Å². The summed E-state index contributed by atoms with van der Waals surface area (Å²) >= 11 is 0. The van der Waals surface area contributed by atoms with Gasteiger partial charge >= 0.3 is 0 Å². The molecule has 0 saturated carbocycles. The lowest BCUT2D eigenvalue weighted by Gasteiger charge is -2.06. The number of hydrogen-bond acceptors (Lipinski definition) is 4. The third-order valence-electron chi connectivity index (χ3n) is 3.65. The summed E-state index contributed by atoms with van der Waals surface area (Å²) in [5.41, 5.74) is 9.48. The topological polar surface area (TPSA) is 113 Å². The number of H-pyrrole nitrogens is 2. The molecule has 7 nitrogen and oxygen atoms in total. The molecule has 1 aromatic carbocycles. The molecule has 4 N–H and O–H groups in total. The summed E-state index contributed by atoms with van der Waals surface area (Å²) in [6, 6.07) is 11.5. The maximum absolute atomic E-state index is 11.5. The van der Waals surface area contributed by atoms with Crippen LogP contribution in [-0.4, -0.2) is 31.3 Å². The summed E-state index contributed by atoms with van der Waals surface area (Å²) < 4.78 is 0. The zero-order chi connectivity index (χ0) is 15.8. The van der Waals surface area contributed by atoms with Crippen LogP contribution in [0.5, 0.6) is 0 Å². The summed E-state index contributed by atoms with van der Waals surface area (Å²) in [5.74, 6) is -0.590. The second-order valence-corrected chi connectivity index (χ2v) is 5.07. The van der Waals surface area contributed by atoms with Crippen LogP contribution in [0.1, 0.15) is 10.5 Å². The van der Waals surface area contributed by atoms with Crippen molar-refractivity contribution >= 4 is 16.9 Å². The van der Waals surface area contributed by atoms with Crippen LogP contribution in [0.2, 0.25) is 0 Å². The number of nitrogens with one attached hydrogen (secondary N) is 2. The first-order valence-corrected chi connectivity index (χ1v) is 6.97. The summed E-state index contributed by atoms with van der Waals surface area (Å²) in [6.07, 6.45) is 3.46. The number of hydrogen-bond donors (Lipinski definition) is 3. The number of nitrogens with zero attached hydrogens (tertiary/aromatic N) is 3. The number of aromatic nitrogens is 5. The number of benzene rings is 1. The Labute approximate surface area is 130 Å². The van der Waals surface area contributed by atoms with Gasteiger partial charge in [-0.15, -0.1) is 0 Å². The van der Waals surface area contributed by atoms with Crippen LogP contribution in [0.15, 0.2) is 48.8 Å². The Bertz CT molecular complexity index is 1000. The van der Waals surface area contributed by atoms with Crippen LogP contribution in [-0.2, 0) is 0 Å². The van der Waals surface area contributed by atoms with Gasteiger partial charge in [-0.05, 0) is 6.07 Å². The monoisotopic (exact) mass is 304 g/mol. The van der Waals surface area contributed by atoms with E-state index < -0.39 is 5.91 Å². The van der Waals surface area contributed by atoms with Crippen molar-refractivity contribution < 1.29 is 4.79 Å². The van der Waals surface area contributed by atoms with Crippen molar-refractivity contribution in [2.45, 2.75) is 0 Å². The molecular formula is C16H12N6O. The fourth-order valence-corrected chi connectivity index (χ4v) is 2.59. The fraction of sp³-hybridized carbons (Fsp3) is 0. The van der Waals surface area contributed by atoms with Crippen LogP contribution in [0.3, 0.4) is 0 Å². The first-order valence-electron chi connectivity index (χ1n) is 6.97. The molecule has 0 fully saturated rings. The predicted molar refractivity (Wildman–Crippen MR) is 85.4 cm³/mol. The molecule has 0 aliphatic heterocycles. The van der Waals surface area contributed by atoms with Crippen LogP contribution < -0.4 is 5.73 Å². The van der Waals surface area contributed by atoms with E-state index >= 15 is 0 Å². The van der Waals surface area contributed by atoms with Gasteiger partial charge in [0.05, 0.1) is 11.9 Å². The number of pyridine rings is 1. The van der Waals surface area contributed by atoms with Crippen LogP contribution in [0, 0.1) is 0 Å². The van der Waals surface area contributed by atoms with E-state index in [9.17, 15) is 4.79 Å². The molecule has 4 aromatic rings. The molecule has 1 amide bonds. The van der Waals surface area contributed by atoms with E-state index in [1.54, 1.807) is 18.5 Å². The molecule has 112 valence electrons. The number of amides is 1. The SMILES string of the molecule is NC(=O)c1cc(-c2c[nH]nc2-c2ccccc2)c2cn[nH]c2n1. The maximum Gasteiger partial charge on any atom is 0.267 e. The molecule has 0 saturated heterocycles. The zero-order valence-electron chi connectivity index (χ0n) is 11.9. The highest BCUT2D eigenvalue weighted by molar-refractivity contribution is 6.01. The molecule has 0 atom stereocenters. The van der Waals surface area contributed by atoms with Gasteiger partial charge in [0.15, 0.2) is 5.65 Å². The van der Waals surface area contributed by atoms with Crippen molar-refractivity contribution in [2.24, 2.45) is 5.73 Å². The third-order valence-corrected chi connectivity index (χ3v) is 3.65. The van der Waals surface area contributed by atoms with Crippen LogP contribution in [0.4, 0.5) is 0 Å². The number of primary amides is 1. The van der Waals surface area contributed by atoms with Gasteiger partial charge in [-0.1, -0.05) is 30.3 Å². The lowest BCUT2D eigenvalue weighted by Crippen LogP contribution is -2.13. The standard InChI is InChI=1S/C16H12N6O/c17-15(23)13-6-10(12-8-19-22-16(12)20-13)11-7-18-21-14(11)9-4-2-1-3-5-9/h1-8H,(H2,17,23)(H,18,21)(H,19,20,22). The molecule has 7 heteroatoms. The Kier molecular flexibility index (Phi) is 2.90. The second kappa shape index (κ2) is 5.06. The molecular weight excluding hydrogens is 292 g/mol. The number of carbonyl (C=O) groups excluding carboxylic acids is 1.